The normalized spacial score (nSPS) is 11.6. The summed E-state index contributed by atoms with van der Waals surface area (Å²) in [6.07, 6.45) is 5.35. The number of hydrogen-bond donors (Lipinski definition) is 1. The summed E-state index contributed by atoms with van der Waals surface area (Å²) in [6.45, 7) is 1.99. The molecule has 0 saturated heterocycles. The van der Waals surface area contributed by atoms with Crippen LogP contribution in [0.1, 0.15) is 18.2 Å². The van der Waals surface area contributed by atoms with Crippen LogP contribution in [0.25, 0.3) is 0 Å². The average molecular weight is 274 g/mol. The Kier molecular flexibility index (Phi) is 4.26. The van der Waals surface area contributed by atoms with Gasteiger partial charge in [0.15, 0.2) is 0 Å². The summed E-state index contributed by atoms with van der Waals surface area (Å²) < 4.78 is 0. The van der Waals surface area contributed by atoms with Crippen LogP contribution in [0.15, 0.2) is 30.7 Å². The van der Waals surface area contributed by atoms with Crippen LogP contribution in [-0.4, -0.2) is 21.0 Å². The Balaban J connectivity index is 1.99. The van der Waals surface area contributed by atoms with E-state index < -0.39 is 0 Å². The maximum atomic E-state index is 8.66. The molecule has 2 rings (SSSR count). The number of nitrogens with one attached hydrogen (secondary N) is 1. The highest BCUT2D eigenvalue weighted by Gasteiger charge is 2.09. The summed E-state index contributed by atoms with van der Waals surface area (Å²) in [5, 5.41) is 12.5. The highest BCUT2D eigenvalue weighted by atomic mass is 35.5. The molecule has 1 atom stereocenters. The third-order valence-electron chi connectivity index (χ3n) is 2.49. The van der Waals surface area contributed by atoms with Crippen molar-refractivity contribution in [2.24, 2.45) is 0 Å². The molecule has 2 aromatic heterocycles. The van der Waals surface area contributed by atoms with Gasteiger partial charge in [-0.3, -0.25) is 4.98 Å². The lowest BCUT2D eigenvalue weighted by atomic mass is 10.1. The quantitative estimate of drug-likeness (QED) is 0.926. The van der Waals surface area contributed by atoms with Gasteiger partial charge in [-0.2, -0.15) is 5.26 Å². The van der Waals surface area contributed by atoms with Crippen molar-refractivity contribution in [1.82, 2.24) is 15.0 Å². The molecule has 2 aromatic rings. The summed E-state index contributed by atoms with van der Waals surface area (Å²) >= 11 is 6.05. The Morgan fingerprint density at radius 1 is 1.37 bits per heavy atom. The van der Waals surface area contributed by atoms with Crippen LogP contribution in [0.3, 0.4) is 0 Å². The molecule has 5 nitrogen and oxygen atoms in total. The largest absolute Gasteiger partial charge is 0.351 e. The van der Waals surface area contributed by atoms with E-state index in [1.54, 1.807) is 12.3 Å². The molecule has 0 amide bonds. The smallest absolute Gasteiger partial charge is 0.222 e. The first-order chi connectivity index (χ1) is 9.19. The highest BCUT2D eigenvalue weighted by Crippen LogP contribution is 2.15. The van der Waals surface area contributed by atoms with E-state index in [0.29, 0.717) is 23.0 Å². The van der Waals surface area contributed by atoms with E-state index in [2.05, 4.69) is 20.3 Å². The van der Waals surface area contributed by atoms with E-state index in [4.69, 9.17) is 16.9 Å². The minimum absolute atomic E-state index is 0.0836. The summed E-state index contributed by atoms with van der Waals surface area (Å²) in [6, 6.07) is 5.67. The molecule has 0 saturated carbocycles. The van der Waals surface area contributed by atoms with E-state index in [0.717, 1.165) is 5.69 Å². The second kappa shape index (κ2) is 6.12. The summed E-state index contributed by atoms with van der Waals surface area (Å²) in [7, 11) is 0. The van der Waals surface area contributed by atoms with E-state index in [-0.39, 0.29) is 6.04 Å². The van der Waals surface area contributed by atoms with Gasteiger partial charge >= 0.3 is 0 Å². The Bertz CT molecular complexity index is 591. The Labute approximate surface area is 116 Å². The standard InChI is InChI=1S/C13H12ClN5/c1-9(5-12-11(14)3-2-4-16-12)19-13-17-7-10(6-15)8-18-13/h2-4,7-9H,5H2,1H3,(H,17,18,19). The van der Waals surface area contributed by atoms with Gasteiger partial charge in [0.25, 0.3) is 0 Å². The summed E-state index contributed by atoms with van der Waals surface area (Å²) in [5.41, 5.74) is 1.27. The number of hydrogen-bond acceptors (Lipinski definition) is 5. The van der Waals surface area contributed by atoms with Crippen LogP contribution in [0.4, 0.5) is 5.95 Å². The van der Waals surface area contributed by atoms with Crippen molar-refractivity contribution >= 4 is 17.5 Å². The van der Waals surface area contributed by atoms with Gasteiger partial charge in [-0.1, -0.05) is 11.6 Å². The highest BCUT2D eigenvalue weighted by molar-refractivity contribution is 6.31. The monoisotopic (exact) mass is 273 g/mol. The fourth-order valence-corrected chi connectivity index (χ4v) is 1.79. The number of aromatic nitrogens is 3. The molecular formula is C13H12ClN5. The molecule has 0 aliphatic rings. The zero-order valence-corrected chi connectivity index (χ0v) is 11.1. The van der Waals surface area contributed by atoms with Crippen molar-refractivity contribution < 1.29 is 0 Å². The molecule has 0 aliphatic carbocycles. The fourth-order valence-electron chi connectivity index (χ4n) is 1.59. The molecule has 2 heterocycles. The van der Waals surface area contributed by atoms with Gasteiger partial charge in [0.1, 0.15) is 6.07 Å². The summed E-state index contributed by atoms with van der Waals surface area (Å²) in [4.78, 5) is 12.3. The van der Waals surface area contributed by atoms with Crippen molar-refractivity contribution in [2.45, 2.75) is 19.4 Å². The van der Waals surface area contributed by atoms with Gasteiger partial charge in [0.2, 0.25) is 5.95 Å². The zero-order chi connectivity index (χ0) is 13.7. The van der Waals surface area contributed by atoms with Crippen LogP contribution in [0, 0.1) is 11.3 Å². The van der Waals surface area contributed by atoms with Crippen LogP contribution < -0.4 is 5.32 Å². The van der Waals surface area contributed by atoms with Crippen molar-refractivity contribution in [1.29, 1.82) is 5.26 Å². The molecule has 0 aliphatic heterocycles. The topological polar surface area (TPSA) is 74.5 Å². The second-order valence-corrected chi connectivity index (χ2v) is 4.50. The number of rotatable bonds is 4. The molecule has 19 heavy (non-hydrogen) atoms. The van der Waals surface area contributed by atoms with Gasteiger partial charge in [-0.25, -0.2) is 9.97 Å². The number of nitriles is 1. The lowest BCUT2D eigenvalue weighted by Crippen LogP contribution is -2.20. The minimum Gasteiger partial charge on any atom is -0.351 e. The molecule has 0 fully saturated rings. The maximum Gasteiger partial charge on any atom is 0.222 e. The first kappa shape index (κ1) is 13.2. The lowest BCUT2D eigenvalue weighted by molar-refractivity contribution is 0.759. The van der Waals surface area contributed by atoms with Crippen molar-refractivity contribution in [2.75, 3.05) is 5.32 Å². The number of pyridine rings is 1. The Morgan fingerprint density at radius 2 is 2.11 bits per heavy atom. The van der Waals surface area contributed by atoms with Gasteiger partial charge in [0.05, 0.1) is 28.7 Å². The minimum atomic E-state index is 0.0836. The zero-order valence-electron chi connectivity index (χ0n) is 10.3. The predicted octanol–water partition coefficient (Wildman–Crippen LogP) is 2.44. The predicted molar refractivity (Wildman–Crippen MR) is 72.8 cm³/mol. The van der Waals surface area contributed by atoms with Gasteiger partial charge in [-0.15, -0.1) is 0 Å². The molecule has 0 radical (unpaired) electrons. The van der Waals surface area contributed by atoms with Crippen molar-refractivity contribution in [3.63, 3.8) is 0 Å². The van der Waals surface area contributed by atoms with Crippen molar-refractivity contribution in [3.05, 3.63) is 47.0 Å². The van der Waals surface area contributed by atoms with Crippen LogP contribution in [-0.2, 0) is 6.42 Å². The molecule has 1 unspecified atom stereocenters. The van der Waals surface area contributed by atoms with Gasteiger partial charge in [-0.05, 0) is 19.1 Å². The van der Waals surface area contributed by atoms with Crippen molar-refractivity contribution in [3.8, 4) is 6.07 Å². The molecule has 0 aromatic carbocycles. The van der Waals surface area contributed by atoms with E-state index >= 15 is 0 Å². The van der Waals surface area contributed by atoms with E-state index in [1.807, 2.05) is 19.1 Å². The molecular weight excluding hydrogens is 262 g/mol. The lowest BCUT2D eigenvalue weighted by Gasteiger charge is -2.13. The second-order valence-electron chi connectivity index (χ2n) is 4.09. The van der Waals surface area contributed by atoms with Crippen LogP contribution in [0.5, 0.6) is 0 Å². The third-order valence-corrected chi connectivity index (χ3v) is 2.83. The first-order valence-corrected chi connectivity index (χ1v) is 6.15. The van der Waals surface area contributed by atoms with E-state index in [1.165, 1.54) is 12.4 Å². The number of anilines is 1. The maximum absolute atomic E-state index is 8.66. The van der Waals surface area contributed by atoms with Crippen LogP contribution >= 0.6 is 11.6 Å². The van der Waals surface area contributed by atoms with E-state index in [9.17, 15) is 0 Å². The summed E-state index contributed by atoms with van der Waals surface area (Å²) in [5.74, 6) is 0.485. The molecule has 0 spiro atoms. The average Bonchev–Trinajstić information content (AvgIpc) is 2.42. The molecule has 96 valence electrons. The Hall–Kier alpha value is -2.19. The molecule has 6 heteroatoms. The van der Waals surface area contributed by atoms with Crippen LogP contribution in [0.2, 0.25) is 5.02 Å². The number of halogens is 1. The first-order valence-electron chi connectivity index (χ1n) is 5.77. The fraction of sp³-hybridized carbons (Fsp3) is 0.231. The molecule has 1 N–H and O–H groups in total. The Morgan fingerprint density at radius 3 is 2.74 bits per heavy atom. The van der Waals surface area contributed by atoms with Gasteiger partial charge < -0.3 is 5.32 Å². The molecule has 0 bridgehead atoms. The number of nitrogens with zero attached hydrogens (tertiary/aromatic N) is 4. The third kappa shape index (κ3) is 3.63. The SMILES string of the molecule is CC(Cc1ncccc1Cl)Nc1ncc(C#N)cn1. The van der Waals surface area contributed by atoms with Gasteiger partial charge in [0, 0.05) is 18.7 Å².